The lowest BCUT2D eigenvalue weighted by Gasteiger charge is -2.23. The van der Waals surface area contributed by atoms with Crippen LogP contribution < -0.4 is 14.2 Å². The van der Waals surface area contributed by atoms with Crippen molar-refractivity contribution in [3.05, 3.63) is 54.1 Å². The second-order valence-corrected chi connectivity index (χ2v) is 6.06. The minimum atomic E-state index is -1.10. The highest BCUT2D eigenvalue weighted by molar-refractivity contribution is 5.68. The van der Waals surface area contributed by atoms with Crippen LogP contribution in [0.2, 0.25) is 0 Å². The lowest BCUT2D eigenvalue weighted by atomic mass is 10.2. The topological polar surface area (TPSA) is 92.7 Å². The average Bonchev–Trinajstić information content (AvgIpc) is 2.73. The van der Waals surface area contributed by atoms with Gasteiger partial charge in [0.05, 0.1) is 32.0 Å². The summed E-state index contributed by atoms with van der Waals surface area (Å²) in [6.07, 6.45) is -1.00. The summed E-state index contributed by atoms with van der Waals surface area (Å²) in [5.74, 6) is 0.345. The van der Waals surface area contributed by atoms with Crippen LogP contribution in [0, 0.1) is 0 Å². The Morgan fingerprint density at radius 1 is 0.828 bits per heavy atom. The Hall–Kier alpha value is -2.81. The number of carbonyl (C=O) groups is 1. The van der Waals surface area contributed by atoms with Crippen LogP contribution in [0.4, 0.5) is 0 Å². The number of hydrogen-bond donors (Lipinski definition) is 1. The van der Waals surface area contributed by atoms with Gasteiger partial charge in [0.15, 0.2) is 11.5 Å². The number of aliphatic carboxylic acids is 1. The summed E-state index contributed by atoms with van der Waals surface area (Å²) in [5.41, 5.74) is 0.569. The van der Waals surface area contributed by atoms with Gasteiger partial charge < -0.3 is 33.5 Å². The summed E-state index contributed by atoms with van der Waals surface area (Å²) >= 11 is 0. The van der Waals surface area contributed by atoms with Crippen molar-refractivity contribution in [3.8, 4) is 17.2 Å². The van der Waals surface area contributed by atoms with E-state index in [0.29, 0.717) is 62.5 Å². The molecule has 1 N–H and O–H groups in total. The second-order valence-electron chi connectivity index (χ2n) is 6.06. The van der Waals surface area contributed by atoms with E-state index in [1.165, 1.54) is 0 Å². The number of para-hydroxylation sites is 3. The quantitative estimate of drug-likeness (QED) is 0.835. The molecule has 3 rings (SSSR count). The predicted octanol–water partition coefficient (Wildman–Crippen LogP) is 2.67. The molecular weight excluding hydrogens is 380 g/mol. The first-order valence-corrected chi connectivity index (χ1v) is 9.33. The predicted molar refractivity (Wildman–Crippen MR) is 102 cm³/mol. The lowest BCUT2D eigenvalue weighted by Crippen LogP contribution is -2.19. The molecule has 8 nitrogen and oxygen atoms in total. The maximum Gasteiger partial charge on any atom is 0.329 e. The van der Waals surface area contributed by atoms with Crippen molar-refractivity contribution in [3.63, 3.8) is 0 Å². The number of rotatable bonds is 3. The molecule has 0 aromatic heterocycles. The monoisotopic (exact) mass is 404 g/mol. The lowest BCUT2D eigenvalue weighted by molar-refractivity contribution is -0.154. The smallest absolute Gasteiger partial charge is 0.329 e. The molecule has 0 amide bonds. The van der Waals surface area contributed by atoms with E-state index in [-0.39, 0.29) is 0 Å². The van der Waals surface area contributed by atoms with Crippen molar-refractivity contribution in [2.75, 3.05) is 46.2 Å². The van der Waals surface area contributed by atoms with Crippen molar-refractivity contribution in [1.29, 1.82) is 0 Å². The van der Waals surface area contributed by atoms with Gasteiger partial charge in [0.1, 0.15) is 25.6 Å². The SMILES string of the molecule is O=C(O)COC1Oc2ccccc2OCCOCCOCCOc2ccccc21. The zero-order valence-electron chi connectivity index (χ0n) is 16.0. The highest BCUT2D eigenvalue weighted by atomic mass is 16.7. The molecule has 0 saturated carbocycles. The molecule has 1 atom stereocenters. The van der Waals surface area contributed by atoms with Crippen molar-refractivity contribution in [2.24, 2.45) is 0 Å². The minimum Gasteiger partial charge on any atom is -0.491 e. The van der Waals surface area contributed by atoms with Gasteiger partial charge in [-0.15, -0.1) is 0 Å². The Labute approximate surface area is 168 Å². The standard InChI is InChI=1S/C21H24O8/c22-20(23)15-28-21-16-5-1-2-6-17(16)26-13-11-24-9-10-25-12-14-27-18-7-3-4-8-19(18)29-21/h1-8,21H,9-15H2,(H,22,23). The van der Waals surface area contributed by atoms with E-state index in [2.05, 4.69) is 0 Å². The summed E-state index contributed by atoms with van der Waals surface area (Å²) < 4.78 is 34.0. The summed E-state index contributed by atoms with van der Waals surface area (Å²) in [6, 6.07) is 14.3. The molecule has 2 aromatic carbocycles. The Balaban J connectivity index is 1.88. The third kappa shape index (κ3) is 6.63. The molecule has 0 fully saturated rings. The zero-order valence-corrected chi connectivity index (χ0v) is 16.0. The molecule has 1 heterocycles. The largest absolute Gasteiger partial charge is 0.491 e. The van der Waals surface area contributed by atoms with E-state index in [1.807, 2.05) is 12.1 Å². The van der Waals surface area contributed by atoms with Crippen LogP contribution in [0.3, 0.4) is 0 Å². The number of fused-ring (bicyclic) bond motifs is 2. The Morgan fingerprint density at radius 2 is 1.38 bits per heavy atom. The van der Waals surface area contributed by atoms with Gasteiger partial charge in [-0.25, -0.2) is 4.79 Å². The molecule has 156 valence electrons. The third-order valence-electron chi connectivity index (χ3n) is 3.96. The molecule has 29 heavy (non-hydrogen) atoms. The third-order valence-corrected chi connectivity index (χ3v) is 3.96. The fourth-order valence-corrected chi connectivity index (χ4v) is 2.67. The molecule has 2 aromatic rings. The van der Waals surface area contributed by atoms with Crippen LogP contribution in [0.5, 0.6) is 17.2 Å². The normalized spacial score (nSPS) is 18.3. The van der Waals surface area contributed by atoms with E-state index in [4.69, 9.17) is 33.5 Å². The highest BCUT2D eigenvalue weighted by Crippen LogP contribution is 2.34. The first-order valence-electron chi connectivity index (χ1n) is 9.33. The number of benzene rings is 2. The van der Waals surface area contributed by atoms with Gasteiger partial charge in [-0.1, -0.05) is 24.3 Å². The van der Waals surface area contributed by atoms with Crippen LogP contribution >= 0.6 is 0 Å². The number of carboxylic acids is 1. The van der Waals surface area contributed by atoms with E-state index >= 15 is 0 Å². The van der Waals surface area contributed by atoms with E-state index in [9.17, 15) is 4.79 Å². The van der Waals surface area contributed by atoms with Crippen molar-refractivity contribution in [2.45, 2.75) is 6.29 Å². The summed E-state index contributed by atoms with van der Waals surface area (Å²) in [5, 5.41) is 9.06. The van der Waals surface area contributed by atoms with Gasteiger partial charge in [-0.2, -0.15) is 0 Å². The molecule has 1 aliphatic heterocycles. The summed E-state index contributed by atoms with van der Waals surface area (Å²) in [6.45, 7) is 1.83. The first-order chi connectivity index (χ1) is 14.2. The summed E-state index contributed by atoms with van der Waals surface area (Å²) in [4.78, 5) is 11.1. The molecule has 1 aliphatic rings. The minimum absolute atomic E-state index is 0.322. The summed E-state index contributed by atoms with van der Waals surface area (Å²) in [7, 11) is 0. The average molecular weight is 404 g/mol. The van der Waals surface area contributed by atoms with E-state index < -0.39 is 18.9 Å². The van der Waals surface area contributed by atoms with Gasteiger partial charge in [0.2, 0.25) is 6.29 Å². The molecule has 0 aliphatic carbocycles. The molecule has 1 unspecified atom stereocenters. The molecular formula is C21H24O8. The fraction of sp³-hybridized carbons (Fsp3) is 0.381. The molecule has 0 bridgehead atoms. The van der Waals surface area contributed by atoms with Gasteiger partial charge >= 0.3 is 5.97 Å². The van der Waals surface area contributed by atoms with Gasteiger partial charge in [0, 0.05) is 0 Å². The fourth-order valence-electron chi connectivity index (χ4n) is 2.67. The maximum absolute atomic E-state index is 11.1. The van der Waals surface area contributed by atoms with Crippen molar-refractivity contribution in [1.82, 2.24) is 0 Å². The van der Waals surface area contributed by atoms with Crippen LogP contribution in [0.1, 0.15) is 11.9 Å². The van der Waals surface area contributed by atoms with E-state index in [1.54, 1.807) is 36.4 Å². The van der Waals surface area contributed by atoms with Crippen molar-refractivity contribution >= 4 is 5.97 Å². The molecule has 8 heteroatoms. The van der Waals surface area contributed by atoms with Gasteiger partial charge in [-0.3, -0.25) is 0 Å². The van der Waals surface area contributed by atoms with E-state index in [0.717, 1.165) is 0 Å². The Kier molecular flexibility index (Phi) is 8.12. The molecule has 0 saturated heterocycles. The zero-order chi connectivity index (χ0) is 20.3. The molecule has 0 spiro atoms. The molecule has 0 radical (unpaired) electrons. The first kappa shape index (κ1) is 20.9. The van der Waals surface area contributed by atoms with Crippen LogP contribution in [0.15, 0.2) is 48.5 Å². The second kappa shape index (κ2) is 11.3. The number of hydrogen-bond acceptors (Lipinski definition) is 7. The van der Waals surface area contributed by atoms with Gasteiger partial charge in [-0.05, 0) is 24.3 Å². The Morgan fingerprint density at radius 3 is 2.07 bits per heavy atom. The van der Waals surface area contributed by atoms with Crippen molar-refractivity contribution < 1.29 is 38.3 Å². The van der Waals surface area contributed by atoms with Gasteiger partial charge in [0.25, 0.3) is 0 Å². The van der Waals surface area contributed by atoms with Crippen LogP contribution in [-0.2, 0) is 19.0 Å². The maximum atomic E-state index is 11.1. The van der Waals surface area contributed by atoms with Crippen LogP contribution in [-0.4, -0.2) is 57.3 Å². The Bertz CT molecular complexity index is 779. The van der Waals surface area contributed by atoms with Crippen LogP contribution in [0.25, 0.3) is 0 Å². The number of ether oxygens (including phenoxy) is 6. The highest BCUT2D eigenvalue weighted by Gasteiger charge is 2.22. The number of carboxylic acid groups (broad SMARTS) is 1.